The van der Waals surface area contributed by atoms with E-state index in [2.05, 4.69) is 10.3 Å². The summed E-state index contributed by atoms with van der Waals surface area (Å²) in [6, 6.07) is 6.87. The molecule has 0 aliphatic heterocycles. The molecule has 0 radical (unpaired) electrons. The second-order valence-corrected chi connectivity index (χ2v) is 3.37. The van der Waals surface area contributed by atoms with E-state index in [1.807, 2.05) is 6.07 Å². The zero-order valence-corrected chi connectivity index (χ0v) is 9.34. The fraction of sp³-hybridized carbons (Fsp3) is 0.167. The second kappa shape index (κ2) is 5.16. The molecule has 5 heteroatoms. The fourth-order valence-electron chi connectivity index (χ4n) is 1.31. The summed E-state index contributed by atoms with van der Waals surface area (Å²) in [7, 11) is 1.56. The maximum Gasteiger partial charge on any atom is 0.287 e. The molecule has 0 spiro atoms. The van der Waals surface area contributed by atoms with Gasteiger partial charge in [0.2, 0.25) is 5.88 Å². The number of carbonyl (C=O) groups excluding carboxylic acids is 1. The zero-order valence-electron chi connectivity index (χ0n) is 9.34. The van der Waals surface area contributed by atoms with Crippen LogP contribution in [0.5, 0.6) is 5.88 Å². The Bertz CT molecular complexity index is 477. The quantitative estimate of drug-likeness (QED) is 0.869. The van der Waals surface area contributed by atoms with Gasteiger partial charge in [0.25, 0.3) is 5.91 Å². The molecule has 17 heavy (non-hydrogen) atoms. The lowest BCUT2D eigenvalue weighted by atomic mass is 10.3. The first kappa shape index (κ1) is 11.2. The number of aromatic nitrogens is 1. The van der Waals surface area contributed by atoms with E-state index in [0.717, 1.165) is 5.56 Å². The van der Waals surface area contributed by atoms with E-state index in [0.29, 0.717) is 18.2 Å². The number of methoxy groups -OCH3 is 1. The zero-order chi connectivity index (χ0) is 12.1. The first-order valence-electron chi connectivity index (χ1n) is 5.10. The van der Waals surface area contributed by atoms with Crippen molar-refractivity contribution in [2.75, 3.05) is 7.11 Å². The van der Waals surface area contributed by atoms with Crippen LogP contribution in [0.4, 0.5) is 0 Å². The molecule has 0 aliphatic rings. The smallest absolute Gasteiger partial charge is 0.287 e. The van der Waals surface area contributed by atoms with Gasteiger partial charge < -0.3 is 14.5 Å². The van der Waals surface area contributed by atoms with Gasteiger partial charge in [-0.05, 0) is 17.7 Å². The summed E-state index contributed by atoms with van der Waals surface area (Å²) >= 11 is 0. The molecule has 2 aromatic heterocycles. The molecule has 2 rings (SSSR count). The van der Waals surface area contributed by atoms with E-state index in [1.165, 1.54) is 6.26 Å². The van der Waals surface area contributed by atoms with E-state index >= 15 is 0 Å². The number of nitrogens with one attached hydrogen (secondary N) is 1. The molecule has 0 fully saturated rings. The van der Waals surface area contributed by atoms with Crippen LogP contribution in [-0.4, -0.2) is 18.0 Å². The average Bonchev–Trinajstić information content (AvgIpc) is 2.90. The molecule has 5 nitrogen and oxygen atoms in total. The number of furan rings is 1. The number of hydrogen-bond acceptors (Lipinski definition) is 4. The molecule has 88 valence electrons. The van der Waals surface area contributed by atoms with Gasteiger partial charge in [-0.15, -0.1) is 0 Å². The van der Waals surface area contributed by atoms with Gasteiger partial charge in [-0.25, -0.2) is 4.98 Å². The highest BCUT2D eigenvalue weighted by Crippen LogP contribution is 2.06. The number of pyridine rings is 1. The normalized spacial score (nSPS) is 9.94. The third-order valence-electron chi connectivity index (χ3n) is 2.20. The summed E-state index contributed by atoms with van der Waals surface area (Å²) in [5.41, 5.74) is 0.894. The van der Waals surface area contributed by atoms with Crippen LogP contribution in [0, 0.1) is 0 Å². The van der Waals surface area contributed by atoms with Crippen LogP contribution < -0.4 is 10.1 Å². The van der Waals surface area contributed by atoms with Gasteiger partial charge in [0.15, 0.2) is 5.76 Å². The highest BCUT2D eigenvalue weighted by Gasteiger charge is 2.07. The monoisotopic (exact) mass is 232 g/mol. The second-order valence-electron chi connectivity index (χ2n) is 3.37. The number of amides is 1. The van der Waals surface area contributed by atoms with Gasteiger partial charge in [-0.1, -0.05) is 6.07 Å². The summed E-state index contributed by atoms with van der Waals surface area (Å²) < 4.78 is 9.91. The van der Waals surface area contributed by atoms with Crippen molar-refractivity contribution in [3.05, 3.63) is 48.0 Å². The van der Waals surface area contributed by atoms with Gasteiger partial charge in [-0.2, -0.15) is 0 Å². The Balaban J connectivity index is 1.91. The Morgan fingerprint density at radius 1 is 1.47 bits per heavy atom. The number of ether oxygens (including phenoxy) is 1. The van der Waals surface area contributed by atoms with Gasteiger partial charge in [0, 0.05) is 18.8 Å². The molecule has 2 heterocycles. The summed E-state index contributed by atoms with van der Waals surface area (Å²) in [5, 5.41) is 2.73. The molecule has 0 aliphatic carbocycles. The molecule has 1 amide bonds. The van der Waals surface area contributed by atoms with Crippen molar-refractivity contribution in [3.63, 3.8) is 0 Å². The lowest BCUT2D eigenvalue weighted by molar-refractivity contribution is 0.0923. The molecule has 0 saturated heterocycles. The lowest BCUT2D eigenvalue weighted by Gasteiger charge is -2.04. The van der Waals surface area contributed by atoms with E-state index in [-0.39, 0.29) is 5.91 Å². The highest BCUT2D eigenvalue weighted by atomic mass is 16.5. The number of rotatable bonds is 4. The first-order chi connectivity index (χ1) is 8.29. The molecule has 0 atom stereocenters. The maximum absolute atomic E-state index is 11.6. The molecule has 1 N–H and O–H groups in total. The molecule has 0 unspecified atom stereocenters. The first-order valence-corrected chi connectivity index (χ1v) is 5.10. The van der Waals surface area contributed by atoms with Crippen molar-refractivity contribution in [1.82, 2.24) is 10.3 Å². The molecule has 2 aromatic rings. The Kier molecular flexibility index (Phi) is 3.40. The Morgan fingerprint density at radius 3 is 2.94 bits per heavy atom. The van der Waals surface area contributed by atoms with Crippen LogP contribution in [-0.2, 0) is 6.54 Å². The fourth-order valence-corrected chi connectivity index (χ4v) is 1.31. The van der Waals surface area contributed by atoms with E-state index in [9.17, 15) is 4.79 Å². The van der Waals surface area contributed by atoms with Crippen molar-refractivity contribution in [3.8, 4) is 5.88 Å². The number of carbonyl (C=O) groups is 1. The minimum Gasteiger partial charge on any atom is -0.481 e. The topological polar surface area (TPSA) is 64.4 Å². The van der Waals surface area contributed by atoms with Crippen molar-refractivity contribution in [2.24, 2.45) is 0 Å². The van der Waals surface area contributed by atoms with Crippen LogP contribution >= 0.6 is 0 Å². The van der Waals surface area contributed by atoms with Gasteiger partial charge in [0.1, 0.15) is 0 Å². The Morgan fingerprint density at radius 2 is 2.35 bits per heavy atom. The van der Waals surface area contributed by atoms with Crippen LogP contribution in [0.3, 0.4) is 0 Å². The van der Waals surface area contributed by atoms with Crippen LogP contribution in [0.1, 0.15) is 16.1 Å². The molecule has 0 saturated carbocycles. The summed E-state index contributed by atoms with van der Waals surface area (Å²) in [6.07, 6.45) is 3.12. The highest BCUT2D eigenvalue weighted by molar-refractivity contribution is 5.91. The van der Waals surface area contributed by atoms with Crippen molar-refractivity contribution >= 4 is 5.91 Å². The third-order valence-corrected chi connectivity index (χ3v) is 2.20. The predicted molar refractivity (Wildman–Crippen MR) is 60.7 cm³/mol. The van der Waals surface area contributed by atoms with Gasteiger partial charge in [0.05, 0.1) is 13.4 Å². The van der Waals surface area contributed by atoms with E-state index < -0.39 is 0 Å². The third kappa shape index (κ3) is 2.84. The van der Waals surface area contributed by atoms with E-state index in [4.69, 9.17) is 9.15 Å². The predicted octanol–water partition coefficient (Wildman–Crippen LogP) is 1.61. The standard InChI is InChI=1S/C12H12N2O3/c1-16-11-5-4-9(7-13-11)8-14-12(15)10-3-2-6-17-10/h2-7H,8H2,1H3,(H,14,15). The summed E-state index contributed by atoms with van der Waals surface area (Å²) in [4.78, 5) is 15.6. The van der Waals surface area contributed by atoms with Crippen molar-refractivity contribution < 1.29 is 13.9 Å². The Hall–Kier alpha value is -2.30. The molecular formula is C12H12N2O3. The number of hydrogen-bond donors (Lipinski definition) is 1. The van der Waals surface area contributed by atoms with Crippen LogP contribution in [0.25, 0.3) is 0 Å². The van der Waals surface area contributed by atoms with Gasteiger partial charge in [-0.3, -0.25) is 4.79 Å². The average molecular weight is 232 g/mol. The maximum atomic E-state index is 11.6. The molecule has 0 bridgehead atoms. The van der Waals surface area contributed by atoms with Crippen molar-refractivity contribution in [1.29, 1.82) is 0 Å². The van der Waals surface area contributed by atoms with Gasteiger partial charge >= 0.3 is 0 Å². The van der Waals surface area contributed by atoms with Crippen LogP contribution in [0.15, 0.2) is 41.1 Å². The SMILES string of the molecule is COc1ccc(CNC(=O)c2ccco2)cn1. The van der Waals surface area contributed by atoms with E-state index in [1.54, 1.807) is 31.5 Å². The minimum absolute atomic E-state index is 0.245. The summed E-state index contributed by atoms with van der Waals surface area (Å²) in [5.74, 6) is 0.600. The minimum atomic E-state index is -0.245. The lowest BCUT2D eigenvalue weighted by Crippen LogP contribution is -2.22. The summed E-state index contributed by atoms with van der Waals surface area (Å²) in [6.45, 7) is 0.399. The Labute approximate surface area is 98.4 Å². The molecule has 0 aromatic carbocycles. The largest absolute Gasteiger partial charge is 0.481 e. The number of nitrogens with zero attached hydrogens (tertiary/aromatic N) is 1. The molecular weight excluding hydrogens is 220 g/mol. The van der Waals surface area contributed by atoms with Crippen molar-refractivity contribution in [2.45, 2.75) is 6.54 Å². The van der Waals surface area contributed by atoms with Crippen LogP contribution in [0.2, 0.25) is 0 Å².